The fourth-order valence-electron chi connectivity index (χ4n) is 2.12. The van der Waals surface area contributed by atoms with Crippen molar-refractivity contribution in [1.82, 2.24) is 15.5 Å². The van der Waals surface area contributed by atoms with Crippen LogP contribution in [-0.2, 0) is 9.53 Å². The van der Waals surface area contributed by atoms with Gasteiger partial charge in [0.1, 0.15) is 0 Å². The predicted molar refractivity (Wildman–Crippen MR) is 109 cm³/mol. The van der Waals surface area contributed by atoms with Gasteiger partial charge in [-0.1, -0.05) is 35.2 Å². The van der Waals surface area contributed by atoms with Gasteiger partial charge in [-0.3, -0.25) is 4.79 Å². The first-order valence-corrected chi connectivity index (χ1v) is 10.4. The molecule has 1 heterocycles. The van der Waals surface area contributed by atoms with Crippen molar-refractivity contribution in [2.75, 3.05) is 24.2 Å². The van der Waals surface area contributed by atoms with Crippen LogP contribution in [0.5, 0.6) is 0 Å². The minimum atomic E-state index is -0.00113. The van der Waals surface area contributed by atoms with Gasteiger partial charge in [0.15, 0.2) is 4.34 Å². The van der Waals surface area contributed by atoms with E-state index >= 15 is 0 Å². The molecule has 142 valence electrons. The lowest BCUT2D eigenvalue weighted by atomic mass is 10.1. The molecule has 0 atom stereocenters. The van der Waals surface area contributed by atoms with E-state index in [-0.39, 0.29) is 12.0 Å². The maximum Gasteiger partial charge on any atom is 0.230 e. The van der Waals surface area contributed by atoms with Gasteiger partial charge in [0, 0.05) is 18.8 Å². The number of thioether (sulfide) groups is 1. The van der Waals surface area contributed by atoms with Gasteiger partial charge in [0.05, 0.1) is 11.9 Å². The molecule has 2 N–H and O–H groups in total. The molecule has 0 spiro atoms. The van der Waals surface area contributed by atoms with E-state index in [1.54, 1.807) is 0 Å². The highest BCUT2D eigenvalue weighted by molar-refractivity contribution is 8.01. The number of ether oxygens (including phenoxy) is 1. The van der Waals surface area contributed by atoms with Crippen LogP contribution in [0, 0.1) is 13.8 Å². The molecule has 1 aromatic heterocycles. The van der Waals surface area contributed by atoms with Gasteiger partial charge in [-0.05, 0) is 51.3 Å². The van der Waals surface area contributed by atoms with Crippen molar-refractivity contribution in [2.24, 2.45) is 0 Å². The molecule has 0 unspecified atom stereocenters. The number of anilines is 2. The van der Waals surface area contributed by atoms with Crippen LogP contribution in [0.1, 0.15) is 31.4 Å². The summed E-state index contributed by atoms with van der Waals surface area (Å²) in [5, 5.41) is 15.2. The van der Waals surface area contributed by atoms with Crippen molar-refractivity contribution in [3.63, 3.8) is 0 Å². The minimum Gasteiger partial charge on any atom is -0.379 e. The molecule has 0 saturated heterocycles. The number of amides is 1. The highest BCUT2D eigenvalue weighted by Crippen LogP contribution is 2.29. The normalized spacial score (nSPS) is 11.0. The molecule has 0 aliphatic rings. The van der Waals surface area contributed by atoms with Crippen LogP contribution in [0.4, 0.5) is 10.8 Å². The van der Waals surface area contributed by atoms with Gasteiger partial charge in [-0.15, -0.1) is 10.2 Å². The SMILES string of the molecule is Cc1cccc(Nc2nnc(SCC(=O)NCCCOC(C)C)s2)c1C. The third kappa shape index (κ3) is 6.93. The number of carbonyl (C=O) groups is 1. The van der Waals surface area contributed by atoms with Crippen molar-refractivity contribution in [3.05, 3.63) is 29.3 Å². The molecule has 0 radical (unpaired) electrons. The number of hydrogen-bond donors (Lipinski definition) is 2. The molecule has 0 bridgehead atoms. The Kier molecular flexibility index (Phi) is 8.34. The smallest absolute Gasteiger partial charge is 0.230 e. The summed E-state index contributed by atoms with van der Waals surface area (Å²) in [6, 6.07) is 6.11. The number of benzene rings is 1. The van der Waals surface area contributed by atoms with E-state index in [0.29, 0.717) is 18.9 Å². The second-order valence-corrected chi connectivity index (χ2v) is 8.36. The Morgan fingerprint density at radius 3 is 2.88 bits per heavy atom. The minimum absolute atomic E-state index is 0.00113. The lowest BCUT2D eigenvalue weighted by Gasteiger charge is -2.08. The zero-order valence-electron chi connectivity index (χ0n) is 15.7. The Bertz CT molecular complexity index is 719. The Balaban J connectivity index is 1.73. The quantitative estimate of drug-likeness (QED) is 0.470. The lowest BCUT2D eigenvalue weighted by Crippen LogP contribution is -2.27. The van der Waals surface area contributed by atoms with Crippen LogP contribution in [0.15, 0.2) is 22.5 Å². The lowest BCUT2D eigenvalue weighted by molar-refractivity contribution is -0.118. The second kappa shape index (κ2) is 10.5. The molecule has 0 aliphatic heterocycles. The van der Waals surface area contributed by atoms with E-state index in [2.05, 4.69) is 40.7 Å². The fraction of sp³-hybridized carbons (Fsp3) is 0.500. The number of hydrogen-bond acceptors (Lipinski definition) is 7. The summed E-state index contributed by atoms with van der Waals surface area (Å²) in [6.07, 6.45) is 1.04. The van der Waals surface area contributed by atoms with Gasteiger partial charge < -0.3 is 15.4 Å². The molecule has 26 heavy (non-hydrogen) atoms. The monoisotopic (exact) mass is 394 g/mol. The average Bonchev–Trinajstić information content (AvgIpc) is 3.04. The molecule has 2 rings (SSSR count). The molecular formula is C18H26N4O2S2. The van der Waals surface area contributed by atoms with E-state index in [1.165, 1.54) is 34.2 Å². The van der Waals surface area contributed by atoms with Crippen LogP contribution in [0.3, 0.4) is 0 Å². The first-order chi connectivity index (χ1) is 12.5. The molecule has 0 saturated carbocycles. The zero-order valence-corrected chi connectivity index (χ0v) is 17.3. The highest BCUT2D eigenvalue weighted by atomic mass is 32.2. The molecule has 1 aromatic carbocycles. The molecule has 0 fully saturated rings. The Labute approximate surface area is 163 Å². The van der Waals surface area contributed by atoms with Crippen LogP contribution >= 0.6 is 23.1 Å². The van der Waals surface area contributed by atoms with E-state index in [9.17, 15) is 4.79 Å². The summed E-state index contributed by atoms with van der Waals surface area (Å²) in [5.74, 6) is 0.335. The Hall–Kier alpha value is -1.64. The van der Waals surface area contributed by atoms with Crippen molar-refractivity contribution in [3.8, 4) is 0 Å². The van der Waals surface area contributed by atoms with Crippen LogP contribution < -0.4 is 10.6 Å². The van der Waals surface area contributed by atoms with Crippen LogP contribution in [0.25, 0.3) is 0 Å². The van der Waals surface area contributed by atoms with Crippen molar-refractivity contribution < 1.29 is 9.53 Å². The van der Waals surface area contributed by atoms with Gasteiger partial charge in [0.25, 0.3) is 0 Å². The first kappa shape index (κ1) is 20.7. The van der Waals surface area contributed by atoms with Gasteiger partial charge in [-0.25, -0.2) is 0 Å². The largest absolute Gasteiger partial charge is 0.379 e. The van der Waals surface area contributed by atoms with Crippen LogP contribution in [0.2, 0.25) is 0 Å². The number of aromatic nitrogens is 2. The Morgan fingerprint density at radius 2 is 2.12 bits per heavy atom. The van der Waals surface area contributed by atoms with E-state index < -0.39 is 0 Å². The number of nitrogens with zero attached hydrogens (tertiary/aromatic N) is 2. The maximum atomic E-state index is 11.9. The van der Waals surface area contributed by atoms with Gasteiger partial charge in [0.2, 0.25) is 11.0 Å². The summed E-state index contributed by atoms with van der Waals surface area (Å²) >= 11 is 2.85. The number of nitrogens with one attached hydrogen (secondary N) is 2. The summed E-state index contributed by atoms with van der Waals surface area (Å²) in [5.41, 5.74) is 3.45. The summed E-state index contributed by atoms with van der Waals surface area (Å²) in [7, 11) is 0. The molecule has 1 amide bonds. The van der Waals surface area contributed by atoms with E-state index in [4.69, 9.17) is 4.74 Å². The molecule has 8 heteroatoms. The van der Waals surface area contributed by atoms with E-state index in [1.807, 2.05) is 26.0 Å². The number of aryl methyl sites for hydroxylation is 1. The zero-order chi connectivity index (χ0) is 18.9. The number of rotatable bonds is 10. The standard InChI is InChI=1S/C18H26N4O2S2/c1-12(2)24-10-6-9-19-16(23)11-25-18-22-21-17(26-18)20-15-8-5-7-13(3)14(15)4/h5,7-8,12H,6,9-11H2,1-4H3,(H,19,23)(H,20,21). The van der Waals surface area contributed by atoms with E-state index in [0.717, 1.165) is 21.6 Å². The summed E-state index contributed by atoms with van der Waals surface area (Å²) in [6.45, 7) is 9.44. The topological polar surface area (TPSA) is 76.1 Å². The van der Waals surface area contributed by atoms with Crippen molar-refractivity contribution in [2.45, 2.75) is 44.6 Å². The summed E-state index contributed by atoms with van der Waals surface area (Å²) in [4.78, 5) is 11.9. The molecule has 6 nitrogen and oxygen atoms in total. The van der Waals surface area contributed by atoms with Crippen molar-refractivity contribution in [1.29, 1.82) is 0 Å². The van der Waals surface area contributed by atoms with Gasteiger partial charge >= 0.3 is 0 Å². The second-order valence-electron chi connectivity index (χ2n) is 6.16. The highest BCUT2D eigenvalue weighted by Gasteiger charge is 2.09. The molecule has 0 aliphatic carbocycles. The molecule has 2 aromatic rings. The fourth-order valence-corrected chi connectivity index (χ4v) is 3.71. The number of carbonyl (C=O) groups excluding carboxylic acids is 1. The van der Waals surface area contributed by atoms with Crippen LogP contribution in [-0.4, -0.2) is 41.1 Å². The maximum absolute atomic E-state index is 11.9. The third-order valence-corrected chi connectivity index (χ3v) is 5.65. The predicted octanol–water partition coefficient (Wildman–Crippen LogP) is 3.92. The molecular weight excluding hydrogens is 368 g/mol. The third-order valence-electron chi connectivity index (χ3n) is 3.67. The first-order valence-electron chi connectivity index (χ1n) is 8.63. The van der Waals surface area contributed by atoms with Crippen molar-refractivity contribution >= 4 is 39.8 Å². The summed E-state index contributed by atoms with van der Waals surface area (Å²) < 4.78 is 6.21. The average molecular weight is 395 g/mol. The van der Waals surface area contributed by atoms with Gasteiger partial charge in [-0.2, -0.15) is 0 Å². The Morgan fingerprint density at radius 1 is 1.31 bits per heavy atom.